The van der Waals surface area contributed by atoms with Crippen LogP contribution in [-0.4, -0.2) is 36.4 Å². The van der Waals surface area contributed by atoms with Gasteiger partial charge in [-0.1, -0.05) is 6.92 Å². The number of anilines is 3. The van der Waals surface area contributed by atoms with E-state index in [0.717, 1.165) is 24.3 Å². The van der Waals surface area contributed by atoms with Gasteiger partial charge in [0, 0.05) is 18.9 Å². The molecule has 0 saturated heterocycles. The van der Waals surface area contributed by atoms with Gasteiger partial charge in [0.15, 0.2) is 17.3 Å². The molecule has 0 saturated carbocycles. The maximum Gasteiger partial charge on any atom is 0.232 e. The minimum absolute atomic E-state index is 0.434. The summed E-state index contributed by atoms with van der Waals surface area (Å²) in [5.41, 5.74) is 1.40. The minimum Gasteiger partial charge on any atom is -0.368 e. The van der Waals surface area contributed by atoms with Gasteiger partial charge in [0.05, 0.1) is 12.5 Å². The summed E-state index contributed by atoms with van der Waals surface area (Å²) in [5, 5.41) is 6.26. The summed E-state index contributed by atoms with van der Waals surface area (Å²) in [5.74, 6) is 1.74. The maximum atomic E-state index is 4.43. The Morgan fingerprint density at radius 1 is 1.20 bits per heavy atom. The molecule has 0 radical (unpaired) electrons. The molecule has 3 aromatic rings. The second kappa shape index (κ2) is 5.47. The topological polar surface area (TPSA) is 104 Å². The lowest BCUT2D eigenvalue weighted by atomic mass is 10.4. The monoisotopic (exact) mass is 270 g/mol. The van der Waals surface area contributed by atoms with E-state index in [0.29, 0.717) is 17.4 Å². The molecule has 3 N–H and O–H groups in total. The number of imidazole rings is 1. The Hall–Kier alpha value is -2.77. The lowest BCUT2D eigenvalue weighted by Crippen LogP contribution is -2.06. The van der Waals surface area contributed by atoms with Crippen LogP contribution in [-0.2, 0) is 0 Å². The summed E-state index contributed by atoms with van der Waals surface area (Å²) in [6.45, 7) is 2.92. The Morgan fingerprint density at radius 3 is 2.95 bits per heavy atom. The number of fused-ring (bicyclic) bond motifs is 1. The molecule has 3 heterocycles. The van der Waals surface area contributed by atoms with E-state index in [2.05, 4.69) is 47.5 Å². The molecule has 3 rings (SSSR count). The van der Waals surface area contributed by atoms with Gasteiger partial charge in [-0.2, -0.15) is 9.97 Å². The smallest absolute Gasteiger partial charge is 0.232 e. The van der Waals surface area contributed by atoms with Crippen LogP contribution in [0.3, 0.4) is 0 Å². The number of H-pyrrole nitrogens is 1. The van der Waals surface area contributed by atoms with Crippen molar-refractivity contribution in [2.45, 2.75) is 13.3 Å². The molecular weight excluding hydrogens is 256 g/mol. The molecule has 0 fully saturated rings. The van der Waals surface area contributed by atoms with Crippen molar-refractivity contribution in [2.75, 3.05) is 17.2 Å². The summed E-state index contributed by atoms with van der Waals surface area (Å²) in [6, 6.07) is 0. The summed E-state index contributed by atoms with van der Waals surface area (Å²) in [7, 11) is 0. The molecule has 0 amide bonds. The summed E-state index contributed by atoms with van der Waals surface area (Å²) < 4.78 is 0. The quantitative estimate of drug-likeness (QED) is 0.648. The zero-order chi connectivity index (χ0) is 13.8. The fraction of sp³-hybridized carbons (Fsp3) is 0.250. The first-order valence-electron chi connectivity index (χ1n) is 6.35. The summed E-state index contributed by atoms with van der Waals surface area (Å²) >= 11 is 0. The third-order valence-electron chi connectivity index (χ3n) is 2.63. The Morgan fingerprint density at radius 2 is 2.15 bits per heavy atom. The van der Waals surface area contributed by atoms with Gasteiger partial charge in [-0.25, -0.2) is 9.97 Å². The van der Waals surface area contributed by atoms with Crippen LogP contribution >= 0.6 is 0 Å². The fourth-order valence-electron chi connectivity index (χ4n) is 1.74. The van der Waals surface area contributed by atoms with Crippen LogP contribution in [0, 0.1) is 0 Å². The third kappa shape index (κ3) is 2.48. The van der Waals surface area contributed by atoms with Crippen LogP contribution in [0.4, 0.5) is 17.6 Å². The Balaban J connectivity index is 1.94. The Kier molecular flexibility index (Phi) is 3.36. The second-order valence-corrected chi connectivity index (χ2v) is 4.14. The summed E-state index contributed by atoms with van der Waals surface area (Å²) in [6.07, 6.45) is 7.43. The molecule has 0 unspecified atom stereocenters. The van der Waals surface area contributed by atoms with Crippen molar-refractivity contribution in [3.8, 4) is 0 Å². The van der Waals surface area contributed by atoms with Crippen molar-refractivity contribution in [1.82, 2.24) is 29.9 Å². The maximum absolute atomic E-state index is 4.43. The summed E-state index contributed by atoms with van der Waals surface area (Å²) in [4.78, 5) is 24.1. The van der Waals surface area contributed by atoms with Crippen LogP contribution in [0.5, 0.6) is 0 Å². The van der Waals surface area contributed by atoms with Gasteiger partial charge in [0.25, 0.3) is 0 Å². The SMILES string of the molecule is CCCNc1nc(Nc2cnccn2)nc2nc[nH]c12. The van der Waals surface area contributed by atoms with Gasteiger partial charge in [0.2, 0.25) is 5.95 Å². The number of hydrogen-bond donors (Lipinski definition) is 3. The van der Waals surface area contributed by atoms with Crippen LogP contribution in [0.1, 0.15) is 13.3 Å². The average Bonchev–Trinajstić information content (AvgIpc) is 2.94. The first-order valence-corrected chi connectivity index (χ1v) is 6.35. The molecule has 0 spiro atoms. The Labute approximate surface area is 115 Å². The highest BCUT2D eigenvalue weighted by Gasteiger charge is 2.09. The van der Waals surface area contributed by atoms with Gasteiger partial charge < -0.3 is 15.6 Å². The largest absolute Gasteiger partial charge is 0.368 e. The van der Waals surface area contributed by atoms with Gasteiger partial charge in [-0.15, -0.1) is 0 Å². The molecule has 0 aliphatic heterocycles. The fourth-order valence-corrected chi connectivity index (χ4v) is 1.74. The highest BCUT2D eigenvalue weighted by molar-refractivity contribution is 5.83. The van der Waals surface area contributed by atoms with Crippen LogP contribution in [0.2, 0.25) is 0 Å². The van der Waals surface area contributed by atoms with Gasteiger partial charge >= 0.3 is 0 Å². The van der Waals surface area contributed by atoms with Crippen molar-refractivity contribution in [3.05, 3.63) is 24.9 Å². The van der Waals surface area contributed by atoms with Crippen LogP contribution in [0.15, 0.2) is 24.9 Å². The van der Waals surface area contributed by atoms with E-state index in [4.69, 9.17) is 0 Å². The molecule has 0 aromatic carbocycles. The van der Waals surface area contributed by atoms with E-state index in [9.17, 15) is 0 Å². The zero-order valence-electron chi connectivity index (χ0n) is 11.0. The predicted molar refractivity (Wildman–Crippen MR) is 75.8 cm³/mol. The molecule has 8 heteroatoms. The van der Waals surface area contributed by atoms with E-state index in [1.165, 1.54) is 0 Å². The molecule has 102 valence electrons. The van der Waals surface area contributed by atoms with Gasteiger partial charge in [-0.05, 0) is 6.42 Å². The van der Waals surface area contributed by atoms with Crippen molar-refractivity contribution >= 4 is 28.7 Å². The lowest BCUT2D eigenvalue weighted by Gasteiger charge is -2.08. The number of rotatable bonds is 5. The van der Waals surface area contributed by atoms with Gasteiger partial charge in [0.1, 0.15) is 5.52 Å². The van der Waals surface area contributed by atoms with Crippen LogP contribution in [0.25, 0.3) is 11.2 Å². The number of nitrogens with zero attached hydrogens (tertiary/aromatic N) is 5. The second-order valence-electron chi connectivity index (χ2n) is 4.14. The first kappa shape index (κ1) is 12.3. The third-order valence-corrected chi connectivity index (χ3v) is 2.63. The molecule has 0 atom stereocenters. The predicted octanol–water partition coefficient (Wildman–Crippen LogP) is 1.71. The average molecular weight is 270 g/mol. The van der Waals surface area contributed by atoms with E-state index in [1.807, 2.05) is 0 Å². The normalized spacial score (nSPS) is 10.7. The van der Waals surface area contributed by atoms with E-state index in [1.54, 1.807) is 24.9 Å². The number of nitrogens with one attached hydrogen (secondary N) is 3. The van der Waals surface area contributed by atoms with E-state index in [-0.39, 0.29) is 0 Å². The van der Waals surface area contributed by atoms with Crippen molar-refractivity contribution < 1.29 is 0 Å². The van der Waals surface area contributed by atoms with E-state index >= 15 is 0 Å². The number of aromatic nitrogens is 6. The van der Waals surface area contributed by atoms with Gasteiger partial charge in [-0.3, -0.25) is 4.98 Å². The van der Waals surface area contributed by atoms with Crippen molar-refractivity contribution in [2.24, 2.45) is 0 Å². The number of hydrogen-bond acceptors (Lipinski definition) is 7. The molecule has 0 bridgehead atoms. The van der Waals surface area contributed by atoms with E-state index < -0.39 is 0 Å². The van der Waals surface area contributed by atoms with Crippen molar-refractivity contribution in [1.29, 1.82) is 0 Å². The van der Waals surface area contributed by atoms with Crippen molar-refractivity contribution in [3.63, 3.8) is 0 Å². The molecule has 0 aliphatic carbocycles. The standard InChI is InChI=1S/C12H14N8/c1-2-3-15-10-9-11(17-7-16-9)20-12(19-10)18-8-6-13-4-5-14-8/h4-7H,2-3H2,1H3,(H3,14,15,16,17,18,19,20). The number of aromatic amines is 1. The Bertz CT molecular complexity index is 693. The zero-order valence-corrected chi connectivity index (χ0v) is 11.0. The highest BCUT2D eigenvalue weighted by atomic mass is 15.2. The molecule has 3 aromatic heterocycles. The molecule has 8 nitrogen and oxygen atoms in total. The first-order chi connectivity index (χ1) is 9.86. The highest BCUT2D eigenvalue weighted by Crippen LogP contribution is 2.19. The molecule has 0 aliphatic rings. The lowest BCUT2D eigenvalue weighted by molar-refractivity contribution is 0.969. The molecule has 20 heavy (non-hydrogen) atoms. The molecular formula is C12H14N8. The van der Waals surface area contributed by atoms with Crippen LogP contribution < -0.4 is 10.6 Å². The minimum atomic E-state index is 0.434.